The largest absolute Gasteiger partial charge is 0.481 e. The third kappa shape index (κ3) is 4.03. The maximum atomic E-state index is 11.5. The zero-order chi connectivity index (χ0) is 13.1. The Hall–Kier alpha value is -1.63. The van der Waals surface area contributed by atoms with Gasteiger partial charge in [-0.1, -0.05) is 0 Å². The van der Waals surface area contributed by atoms with E-state index >= 15 is 0 Å². The summed E-state index contributed by atoms with van der Waals surface area (Å²) in [5.41, 5.74) is 0.706. The molecule has 0 aliphatic heterocycles. The van der Waals surface area contributed by atoms with Crippen molar-refractivity contribution in [1.82, 2.24) is 4.98 Å². The molecule has 94 valence electrons. The zero-order valence-electron chi connectivity index (χ0n) is 9.54. The van der Waals surface area contributed by atoms with Crippen molar-refractivity contribution in [3.05, 3.63) is 24.0 Å². The van der Waals surface area contributed by atoms with Gasteiger partial charge in [0.2, 0.25) is 10.0 Å². The van der Waals surface area contributed by atoms with E-state index in [1.165, 1.54) is 18.3 Å². The van der Waals surface area contributed by atoms with Gasteiger partial charge in [-0.3, -0.25) is 14.5 Å². The number of anilines is 1. The molecule has 1 rings (SSSR count). The molecule has 6 nitrogen and oxygen atoms in total. The quantitative estimate of drug-likeness (QED) is 0.816. The average Bonchev–Trinajstić information content (AvgIpc) is 2.19. The van der Waals surface area contributed by atoms with Crippen molar-refractivity contribution >= 4 is 21.7 Å². The first-order valence-electron chi connectivity index (χ1n) is 4.99. The van der Waals surface area contributed by atoms with E-state index in [0.29, 0.717) is 11.4 Å². The second-order valence-electron chi connectivity index (χ2n) is 3.80. The van der Waals surface area contributed by atoms with E-state index in [2.05, 4.69) is 9.71 Å². The van der Waals surface area contributed by atoms with Crippen molar-refractivity contribution in [1.29, 1.82) is 0 Å². The maximum absolute atomic E-state index is 11.5. The molecule has 0 amide bonds. The van der Waals surface area contributed by atoms with Gasteiger partial charge in [-0.2, -0.15) is 0 Å². The Kier molecular flexibility index (Phi) is 4.06. The van der Waals surface area contributed by atoms with Crippen molar-refractivity contribution in [2.75, 3.05) is 4.72 Å². The number of hydrogen-bond acceptors (Lipinski definition) is 4. The van der Waals surface area contributed by atoms with Crippen molar-refractivity contribution in [3.63, 3.8) is 0 Å². The third-order valence-electron chi connectivity index (χ3n) is 2.04. The molecule has 0 aromatic carbocycles. The zero-order valence-corrected chi connectivity index (χ0v) is 10.4. The van der Waals surface area contributed by atoms with E-state index in [9.17, 15) is 13.2 Å². The lowest BCUT2D eigenvalue weighted by Gasteiger charge is -2.10. The molecule has 1 aromatic rings. The molecule has 17 heavy (non-hydrogen) atoms. The van der Waals surface area contributed by atoms with Crippen LogP contribution in [0.2, 0.25) is 0 Å². The van der Waals surface area contributed by atoms with Gasteiger partial charge >= 0.3 is 5.97 Å². The van der Waals surface area contributed by atoms with E-state index < -0.39 is 21.2 Å². The lowest BCUT2D eigenvalue weighted by Crippen LogP contribution is -2.22. The number of carboxylic acids is 1. The Morgan fingerprint density at radius 1 is 1.47 bits per heavy atom. The lowest BCUT2D eigenvalue weighted by molar-refractivity contribution is -0.136. The van der Waals surface area contributed by atoms with Crippen molar-refractivity contribution in [2.24, 2.45) is 0 Å². The molecular weight excluding hydrogens is 244 g/mol. The van der Waals surface area contributed by atoms with Crippen LogP contribution >= 0.6 is 0 Å². The Bertz CT molecular complexity index is 494. The molecule has 0 saturated carbocycles. The van der Waals surface area contributed by atoms with Crippen LogP contribution in [-0.4, -0.2) is 29.7 Å². The van der Waals surface area contributed by atoms with Gasteiger partial charge < -0.3 is 5.11 Å². The smallest absolute Gasteiger partial charge is 0.309 e. The van der Waals surface area contributed by atoms with E-state index in [-0.39, 0.29) is 6.42 Å². The second kappa shape index (κ2) is 5.13. The minimum absolute atomic E-state index is 0.183. The minimum atomic E-state index is -3.39. The number of carbonyl (C=O) groups is 1. The molecule has 0 saturated heterocycles. The summed E-state index contributed by atoms with van der Waals surface area (Å²) in [7, 11) is -3.39. The van der Waals surface area contributed by atoms with Crippen LogP contribution in [0.5, 0.6) is 0 Å². The summed E-state index contributed by atoms with van der Waals surface area (Å²) in [5, 5.41) is 8.00. The van der Waals surface area contributed by atoms with E-state index in [1.807, 2.05) is 0 Å². The molecule has 2 N–H and O–H groups in total. The Morgan fingerprint density at radius 3 is 2.53 bits per heavy atom. The van der Waals surface area contributed by atoms with Crippen LogP contribution in [0.15, 0.2) is 18.3 Å². The van der Waals surface area contributed by atoms with E-state index in [4.69, 9.17) is 5.11 Å². The number of carboxylic acid groups (broad SMARTS) is 1. The maximum Gasteiger partial charge on any atom is 0.309 e. The summed E-state index contributed by atoms with van der Waals surface area (Å²) in [5.74, 6) is -0.979. The predicted octanol–water partition coefficient (Wildman–Crippen LogP) is 0.859. The van der Waals surface area contributed by atoms with E-state index in [0.717, 1.165) is 0 Å². The molecular formula is C10H14N2O4S. The summed E-state index contributed by atoms with van der Waals surface area (Å²) in [6.07, 6.45) is 1.12. The Balaban J connectivity index is 2.79. The van der Waals surface area contributed by atoms with E-state index in [1.54, 1.807) is 13.8 Å². The Morgan fingerprint density at radius 2 is 2.12 bits per heavy atom. The highest BCUT2D eigenvalue weighted by Crippen LogP contribution is 2.11. The van der Waals surface area contributed by atoms with Gasteiger partial charge in [0.1, 0.15) is 0 Å². The standard InChI is InChI=1S/C10H14N2O4S/c1-7(2)17(15,16)12-9-4-3-8(11-6-9)5-10(13)14/h3-4,6-7,12H,5H2,1-2H3,(H,13,14). The number of pyridine rings is 1. The number of aliphatic carboxylic acids is 1. The fourth-order valence-corrected chi connectivity index (χ4v) is 1.71. The minimum Gasteiger partial charge on any atom is -0.481 e. The van der Waals surface area contributed by atoms with Gasteiger partial charge in [0, 0.05) is 0 Å². The summed E-state index contributed by atoms with van der Waals surface area (Å²) < 4.78 is 25.4. The number of nitrogens with zero attached hydrogens (tertiary/aromatic N) is 1. The fourth-order valence-electron chi connectivity index (χ4n) is 1.03. The molecule has 0 fully saturated rings. The molecule has 0 aliphatic carbocycles. The van der Waals surface area contributed by atoms with Crippen LogP contribution in [0.3, 0.4) is 0 Å². The molecule has 0 radical (unpaired) electrons. The highest BCUT2D eigenvalue weighted by Gasteiger charge is 2.15. The molecule has 0 unspecified atom stereocenters. The summed E-state index contributed by atoms with van der Waals surface area (Å²) in [4.78, 5) is 14.3. The molecule has 7 heteroatoms. The molecule has 0 bridgehead atoms. The number of rotatable bonds is 5. The highest BCUT2D eigenvalue weighted by molar-refractivity contribution is 7.93. The van der Waals surface area contributed by atoms with Gasteiger partial charge in [-0.25, -0.2) is 8.42 Å². The summed E-state index contributed by atoms with van der Waals surface area (Å²) in [6.45, 7) is 3.13. The first-order valence-corrected chi connectivity index (χ1v) is 6.54. The number of nitrogens with one attached hydrogen (secondary N) is 1. The van der Waals surface area contributed by atoms with Gasteiger partial charge in [-0.05, 0) is 26.0 Å². The van der Waals surface area contributed by atoms with Crippen LogP contribution in [0.1, 0.15) is 19.5 Å². The van der Waals surface area contributed by atoms with Gasteiger partial charge in [0.25, 0.3) is 0 Å². The molecule has 0 aliphatic rings. The fraction of sp³-hybridized carbons (Fsp3) is 0.400. The monoisotopic (exact) mass is 258 g/mol. The molecule has 0 atom stereocenters. The number of hydrogen-bond donors (Lipinski definition) is 2. The van der Waals surface area contributed by atoms with Crippen LogP contribution in [0.4, 0.5) is 5.69 Å². The van der Waals surface area contributed by atoms with Gasteiger partial charge in [-0.15, -0.1) is 0 Å². The number of sulfonamides is 1. The third-order valence-corrected chi connectivity index (χ3v) is 3.80. The predicted molar refractivity (Wildman–Crippen MR) is 63.3 cm³/mol. The molecule has 1 heterocycles. The average molecular weight is 258 g/mol. The lowest BCUT2D eigenvalue weighted by atomic mass is 10.3. The summed E-state index contributed by atoms with van der Waals surface area (Å²) >= 11 is 0. The first-order chi connectivity index (χ1) is 7.81. The molecule has 0 spiro atoms. The van der Waals surface area contributed by atoms with Crippen LogP contribution in [0.25, 0.3) is 0 Å². The number of aromatic nitrogens is 1. The van der Waals surface area contributed by atoms with Crippen LogP contribution < -0.4 is 4.72 Å². The molecule has 1 aromatic heterocycles. The van der Waals surface area contributed by atoms with Crippen LogP contribution in [0, 0.1) is 0 Å². The highest BCUT2D eigenvalue weighted by atomic mass is 32.2. The van der Waals surface area contributed by atoms with Gasteiger partial charge in [0.15, 0.2) is 0 Å². The summed E-state index contributed by atoms with van der Waals surface area (Å²) in [6, 6.07) is 2.97. The van der Waals surface area contributed by atoms with Crippen molar-refractivity contribution in [3.8, 4) is 0 Å². The van der Waals surface area contributed by atoms with Crippen molar-refractivity contribution < 1.29 is 18.3 Å². The van der Waals surface area contributed by atoms with Crippen molar-refractivity contribution in [2.45, 2.75) is 25.5 Å². The SMILES string of the molecule is CC(C)S(=O)(=O)Nc1ccc(CC(=O)O)nc1. The first kappa shape index (κ1) is 13.4. The Labute approximate surface area is 99.7 Å². The van der Waals surface area contributed by atoms with Gasteiger partial charge in [0.05, 0.1) is 29.2 Å². The topological polar surface area (TPSA) is 96.4 Å². The second-order valence-corrected chi connectivity index (χ2v) is 6.04. The normalized spacial score (nSPS) is 11.5. The van der Waals surface area contributed by atoms with Crippen LogP contribution in [-0.2, 0) is 21.2 Å².